The number of nitriles is 1. The molecule has 1 N–H and O–H groups in total. The molecule has 0 saturated carbocycles. The Morgan fingerprint density at radius 1 is 1.07 bits per heavy atom. The quantitative estimate of drug-likeness (QED) is 0.436. The van der Waals surface area contributed by atoms with E-state index in [0.29, 0.717) is 30.8 Å². The minimum atomic E-state index is -0.919. The van der Waals surface area contributed by atoms with Crippen LogP contribution in [-0.4, -0.2) is 75.6 Å². The number of pyridine rings is 1. The van der Waals surface area contributed by atoms with E-state index >= 15 is 0 Å². The van der Waals surface area contributed by atoms with E-state index in [9.17, 15) is 19.6 Å². The molecule has 43 heavy (non-hydrogen) atoms. The summed E-state index contributed by atoms with van der Waals surface area (Å²) in [7, 11) is 0. The molecule has 228 valence electrons. The van der Waals surface area contributed by atoms with Crippen molar-refractivity contribution in [2.45, 2.75) is 77.7 Å². The lowest BCUT2D eigenvalue weighted by molar-refractivity contribution is -0.133. The van der Waals surface area contributed by atoms with Gasteiger partial charge in [0.1, 0.15) is 17.2 Å². The van der Waals surface area contributed by atoms with Gasteiger partial charge in [0.05, 0.1) is 30.0 Å². The fraction of sp³-hybridized carbons (Fsp3) is 0.469. The average molecular weight is 590 g/mol. The van der Waals surface area contributed by atoms with Crippen molar-refractivity contribution in [3.8, 4) is 17.3 Å². The molecule has 3 aromatic rings. The summed E-state index contributed by atoms with van der Waals surface area (Å²) in [5, 5.41) is 13.4. The van der Waals surface area contributed by atoms with Crippen LogP contribution in [0.4, 0.5) is 9.59 Å². The lowest BCUT2D eigenvalue weighted by atomic mass is 10.0. The largest absolute Gasteiger partial charge is 0.444 e. The first kappa shape index (κ1) is 31.5. The highest BCUT2D eigenvalue weighted by Gasteiger charge is 2.31. The standard InChI is InChI=1S/C32H39N5O6/c1-31(2,3)42-29(39)36-14-7-15-41-27(20-36)28(38)35-24(18-33)16-21-8-10-22(11-9-21)25-17-23-12-13-34-19-26(23)37(25)30(40)43-32(4,5)6/h8-13,17,19,24,27H,7,14-16,20H2,1-6H3,(H,35,38)/t24-,27-/m0/s1. The molecule has 2 amide bonds. The lowest BCUT2D eigenvalue weighted by Crippen LogP contribution is -2.48. The van der Waals surface area contributed by atoms with Gasteiger partial charge in [-0.05, 0) is 71.2 Å². The maximum atomic E-state index is 13.2. The summed E-state index contributed by atoms with van der Waals surface area (Å²) in [6.45, 7) is 11.5. The van der Waals surface area contributed by atoms with Crippen LogP contribution in [0.15, 0.2) is 48.8 Å². The van der Waals surface area contributed by atoms with Crippen LogP contribution < -0.4 is 5.32 Å². The van der Waals surface area contributed by atoms with Gasteiger partial charge in [-0.1, -0.05) is 24.3 Å². The molecule has 0 radical (unpaired) electrons. The van der Waals surface area contributed by atoms with E-state index in [0.717, 1.165) is 16.5 Å². The number of hydrogen-bond acceptors (Lipinski definition) is 8. The molecule has 1 aliphatic heterocycles. The number of nitrogens with one attached hydrogen (secondary N) is 1. The fourth-order valence-corrected chi connectivity index (χ4v) is 4.68. The molecule has 0 unspecified atom stereocenters. The maximum absolute atomic E-state index is 13.2. The van der Waals surface area contributed by atoms with E-state index in [1.165, 1.54) is 9.47 Å². The number of aromatic nitrogens is 2. The first-order chi connectivity index (χ1) is 20.2. The zero-order valence-corrected chi connectivity index (χ0v) is 25.5. The summed E-state index contributed by atoms with van der Waals surface area (Å²) in [6.07, 6.45) is 2.19. The van der Waals surface area contributed by atoms with E-state index in [4.69, 9.17) is 14.2 Å². The molecule has 2 atom stereocenters. The van der Waals surface area contributed by atoms with Gasteiger partial charge in [-0.25, -0.2) is 14.2 Å². The number of hydrogen-bond donors (Lipinski definition) is 1. The molecule has 0 aliphatic carbocycles. The van der Waals surface area contributed by atoms with Crippen LogP contribution in [0.25, 0.3) is 22.2 Å². The van der Waals surface area contributed by atoms with Crippen LogP contribution >= 0.6 is 0 Å². The third kappa shape index (κ3) is 8.32. The fourth-order valence-electron chi connectivity index (χ4n) is 4.68. The van der Waals surface area contributed by atoms with Gasteiger partial charge in [0.2, 0.25) is 0 Å². The predicted octanol–water partition coefficient (Wildman–Crippen LogP) is 5.06. The van der Waals surface area contributed by atoms with Crippen LogP contribution in [0.5, 0.6) is 0 Å². The summed E-state index contributed by atoms with van der Waals surface area (Å²) < 4.78 is 18.3. The summed E-state index contributed by atoms with van der Waals surface area (Å²) in [5.41, 5.74) is 1.53. The molecule has 2 aromatic heterocycles. The number of amides is 2. The van der Waals surface area contributed by atoms with E-state index in [1.54, 1.807) is 33.2 Å². The van der Waals surface area contributed by atoms with Gasteiger partial charge in [-0.2, -0.15) is 5.26 Å². The molecular weight excluding hydrogens is 550 g/mol. The normalized spacial score (nSPS) is 16.6. The number of fused-ring (bicyclic) bond motifs is 1. The van der Waals surface area contributed by atoms with Gasteiger partial charge < -0.3 is 24.4 Å². The number of nitrogens with zero attached hydrogens (tertiary/aromatic N) is 4. The third-order valence-corrected chi connectivity index (χ3v) is 6.57. The Hall–Kier alpha value is -4.43. The summed E-state index contributed by atoms with van der Waals surface area (Å²) in [6, 6.07) is 12.5. The topological polar surface area (TPSA) is 136 Å². The number of carbonyl (C=O) groups excluding carboxylic acids is 3. The van der Waals surface area contributed by atoms with Gasteiger partial charge >= 0.3 is 12.2 Å². The van der Waals surface area contributed by atoms with Gasteiger partial charge in [0, 0.05) is 31.2 Å². The van der Waals surface area contributed by atoms with E-state index in [-0.39, 0.29) is 13.0 Å². The lowest BCUT2D eigenvalue weighted by Gasteiger charge is -2.27. The first-order valence-electron chi connectivity index (χ1n) is 14.3. The molecule has 3 heterocycles. The Bertz CT molecular complexity index is 1510. The second-order valence-electron chi connectivity index (χ2n) is 12.5. The van der Waals surface area contributed by atoms with Crippen molar-refractivity contribution in [3.63, 3.8) is 0 Å². The van der Waals surface area contributed by atoms with Crippen molar-refractivity contribution in [2.24, 2.45) is 0 Å². The molecule has 11 heteroatoms. The zero-order valence-electron chi connectivity index (χ0n) is 25.5. The Balaban J connectivity index is 1.46. The molecule has 11 nitrogen and oxygen atoms in total. The molecule has 1 fully saturated rings. The minimum absolute atomic E-state index is 0.0365. The number of ether oxygens (including phenoxy) is 3. The number of rotatable bonds is 5. The average Bonchev–Trinajstić information content (AvgIpc) is 3.13. The van der Waals surface area contributed by atoms with Gasteiger partial charge in [-0.3, -0.25) is 9.78 Å². The highest BCUT2D eigenvalue weighted by atomic mass is 16.6. The monoisotopic (exact) mass is 589 g/mol. The van der Waals surface area contributed by atoms with E-state index < -0.39 is 41.4 Å². The number of carbonyl (C=O) groups is 3. The van der Waals surface area contributed by atoms with Crippen molar-refractivity contribution in [1.29, 1.82) is 5.26 Å². The second-order valence-corrected chi connectivity index (χ2v) is 12.5. The smallest absolute Gasteiger partial charge is 0.419 e. The molecule has 1 aliphatic rings. The molecule has 4 rings (SSSR count). The highest BCUT2D eigenvalue weighted by Crippen LogP contribution is 2.29. The Kier molecular flexibility index (Phi) is 9.40. The van der Waals surface area contributed by atoms with Crippen molar-refractivity contribution in [1.82, 2.24) is 19.8 Å². The molecule has 0 bridgehead atoms. The van der Waals surface area contributed by atoms with E-state index in [1.807, 2.05) is 57.2 Å². The predicted molar refractivity (Wildman–Crippen MR) is 160 cm³/mol. The maximum Gasteiger partial charge on any atom is 0.419 e. The van der Waals surface area contributed by atoms with Crippen LogP contribution in [0.1, 0.15) is 53.5 Å². The van der Waals surface area contributed by atoms with Crippen LogP contribution in [-0.2, 0) is 25.4 Å². The van der Waals surface area contributed by atoms with Crippen molar-refractivity contribution < 1.29 is 28.6 Å². The zero-order chi connectivity index (χ0) is 31.4. The van der Waals surface area contributed by atoms with Crippen molar-refractivity contribution in [2.75, 3.05) is 19.7 Å². The third-order valence-electron chi connectivity index (χ3n) is 6.57. The number of benzene rings is 1. The van der Waals surface area contributed by atoms with E-state index in [2.05, 4.69) is 16.4 Å². The summed E-state index contributed by atoms with van der Waals surface area (Å²) >= 11 is 0. The molecule has 1 aromatic carbocycles. The van der Waals surface area contributed by atoms with Gasteiger partial charge in [0.15, 0.2) is 6.10 Å². The Morgan fingerprint density at radius 2 is 1.74 bits per heavy atom. The molecular formula is C32H39N5O6. The van der Waals surface area contributed by atoms with Crippen LogP contribution in [0.2, 0.25) is 0 Å². The van der Waals surface area contributed by atoms with Crippen molar-refractivity contribution >= 4 is 29.0 Å². The first-order valence-corrected chi connectivity index (χ1v) is 14.3. The minimum Gasteiger partial charge on any atom is -0.444 e. The highest BCUT2D eigenvalue weighted by molar-refractivity contribution is 5.95. The van der Waals surface area contributed by atoms with Crippen LogP contribution in [0, 0.1) is 11.3 Å². The van der Waals surface area contributed by atoms with Crippen LogP contribution in [0.3, 0.4) is 0 Å². The molecule has 1 saturated heterocycles. The van der Waals surface area contributed by atoms with Gasteiger partial charge in [0.25, 0.3) is 5.91 Å². The second kappa shape index (κ2) is 12.8. The summed E-state index contributed by atoms with van der Waals surface area (Å²) in [4.78, 5) is 44.5. The Labute approximate surface area is 251 Å². The molecule has 0 spiro atoms. The SMILES string of the molecule is CC(C)(C)OC(=O)N1CCCO[C@H](C(=O)N[C@H](C#N)Cc2ccc(-c3cc4ccncc4n3C(=O)OC(C)(C)C)cc2)C1. The Morgan fingerprint density at radius 3 is 2.40 bits per heavy atom. The van der Waals surface area contributed by atoms with Crippen molar-refractivity contribution in [3.05, 3.63) is 54.4 Å². The van der Waals surface area contributed by atoms with Gasteiger partial charge in [-0.15, -0.1) is 0 Å². The summed E-state index contributed by atoms with van der Waals surface area (Å²) in [5.74, 6) is -0.464.